The van der Waals surface area contributed by atoms with Crippen molar-refractivity contribution >= 4 is 30.7 Å². The zero-order valence-corrected chi connectivity index (χ0v) is 28.4. The predicted molar refractivity (Wildman–Crippen MR) is 159 cm³/mol. The van der Waals surface area contributed by atoms with E-state index in [2.05, 4.69) is 73.6 Å². The first kappa shape index (κ1) is 35.7. The van der Waals surface area contributed by atoms with Gasteiger partial charge >= 0.3 is 5.97 Å². The van der Waals surface area contributed by atoms with E-state index in [1.807, 2.05) is 0 Å². The molecule has 0 aromatic carbocycles. The Hall–Kier alpha value is -0.299. The van der Waals surface area contributed by atoms with Crippen LogP contribution in [0.1, 0.15) is 66.7 Å². The lowest BCUT2D eigenvalue weighted by molar-refractivity contribution is -0.149. The van der Waals surface area contributed by atoms with Gasteiger partial charge in [-0.1, -0.05) is 59.3 Å². The van der Waals surface area contributed by atoms with Gasteiger partial charge in [0, 0.05) is 17.9 Å². The summed E-state index contributed by atoms with van der Waals surface area (Å²) in [4.78, 5) is 11.7. The first-order valence-electron chi connectivity index (χ1n) is 13.9. The van der Waals surface area contributed by atoms with E-state index in [0.717, 1.165) is 25.3 Å². The molecular formula is C27H58O6Si3. The van der Waals surface area contributed by atoms with E-state index < -0.39 is 36.8 Å². The molecule has 0 aliphatic rings. The lowest BCUT2D eigenvalue weighted by atomic mass is 10.3. The van der Waals surface area contributed by atoms with Crippen LogP contribution in [0.15, 0.2) is 12.2 Å². The minimum atomic E-state index is -2.17. The van der Waals surface area contributed by atoms with Gasteiger partial charge in [-0.05, 0) is 65.3 Å². The van der Waals surface area contributed by atoms with Crippen LogP contribution in [0, 0.1) is 0 Å². The second kappa shape index (κ2) is 16.0. The van der Waals surface area contributed by atoms with Crippen molar-refractivity contribution in [2.75, 3.05) is 19.8 Å². The molecule has 9 heteroatoms. The van der Waals surface area contributed by atoms with E-state index in [9.17, 15) is 9.90 Å². The minimum Gasteiger partial charge on any atom is -0.454 e. The first-order valence-corrected chi connectivity index (χ1v) is 23.2. The number of aliphatic hydroxyl groups excluding tert-OH is 1. The van der Waals surface area contributed by atoms with Gasteiger partial charge in [0.1, 0.15) is 6.10 Å². The molecule has 0 heterocycles. The summed E-state index contributed by atoms with van der Waals surface area (Å²) in [5.41, 5.74) is 0.588. The lowest BCUT2D eigenvalue weighted by Crippen LogP contribution is -2.63. The fraction of sp³-hybridized carbons (Fsp3) is 0.889. The molecule has 6 nitrogen and oxygen atoms in total. The third-order valence-electron chi connectivity index (χ3n) is 7.50. The van der Waals surface area contributed by atoms with Crippen LogP contribution in [0.4, 0.5) is 0 Å². The highest BCUT2D eigenvalue weighted by Crippen LogP contribution is 2.37. The largest absolute Gasteiger partial charge is 0.454 e. The molecule has 3 atom stereocenters. The topological polar surface area (TPSA) is 74.2 Å². The Morgan fingerprint density at radius 1 is 1.03 bits per heavy atom. The summed E-state index contributed by atoms with van der Waals surface area (Å²) in [6.07, 6.45) is 4.69. The van der Waals surface area contributed by atoms with E-state index in [4.69, 9.17) is 18.3 Å². The molecule has 0 radical (unpaired) electrons. The highest BCUT2D eigenvalue weighted by atomic mass is 28.4. The molecule has 0 aromatic rings. The highest BCUT2D eigenvalue weighted by molar-refractivity contribution is 6.81. The maximum Gasteiger partial charge on any atom is 0.333 e. The number of esters is 1. The molecule has 1 N–H and O–H groups in total. The molecule has 0 aliphatic heterocycles. The van der Waals surface area contributed by atoms with Crippen LogP contribution in [-0.4, -0.2) is 72.7 Å². The van der Waals surface area contributed by atoms with Crippen molar-refractivity contribution in [1.82, 2.24) is 0 Å². The van der Waals surface area contributed by atoms with Crippen LogP contribution in [0.2, 0.25) is 51.4 Å². The number of hydrogen-bond acceptors (Lipinski definition) is 6. The van der Waals surface area contributed by atoms with Gasteiger partial charge in [-0.15, -0.1) is 0 Å². The Bertz CT molecular complexity index is 668. The normalized spacial score (nSPS) is 16.3. The van der Waals surface area contributed by atoms with Crippen molar-refractivity contribution in [3.8, 4) is 0 Å². The maximum absolute atomic E-state index is 11.7. The van der Waals surface area contributed by atoms with Gasteiger partial charge in [0.25, 0.3) is 0 Å². The Morgan fingerprint density at radius 3 is 2.11 bits per heavy atom. The summed E-state index contributed by atoms with van der Waals surface area (Å²) < 4.78 is 25.0. The Morgan fingerprint density at radius 2 is 1.64 bits per heavy atom. The van der Waals surface area contributed by atoms with Crippen molar-refractivity contribution in [1.29, 1.82) is 0 Å². The van der Waals surface area contributed by atoms with E-state index in [0.29, 0.717) is 12.2 Å². The van der Waals surface area contributed by atoms with Gasteiger partial charge in [0.05, 0.1) is 26.5 Å². The van der Waals surface area contributed by atoms with Crippen LogP contribution in [0.25, 0.3) is 0 Å². The second-order valence-corrected chi connectivity index (χ2v) is 25.9. The standard InChI is InChI=1S/C27H58O6Si3/c1-13-16-20-35(9,10)33-27(6,15-3)36(11,12)32-25(14-2)34(7,8)19-17-18-30-22-24(21-28)31-26(29)23(4)5/h24-25,28H,4,13-22H2,1-3,5-12H3. The third-order valence-corrected chi connectivity index (χ3v) is 18.3. The quantitative estimate of drug-likeness (QED) is 0.0757. The molecule has 0 aliphatic carbocycles. The number of carbonyl (C=O) groups is 1. The van der Waals surface area contributed by atoms with Gasteiger partial charge in [0.2, 0.25) is 8.32 Å². The second-order valence-electron chi connectivity index (χ2n) is 12.2. The van der Waals surface area contributed by atoms with E-state index in [1.165, 1.54) is 18.9 Å². The first-order chi connectivity index (χ1) is 16.5. The molecule has 0 fully saturated rings. The Kier molecular flexibility index (Phi) is 15.8. The molecule has 3 unspecified atom stereocenters. The van der Waals surface area contributed by atoms with E-state index in [-0.39, 0.29) is 24.2 Å². The molecule has 0 rings (SSSR count). The third kappa shape index (κ3) is 12.0. The van der Waals surface area contributed by atoms with Crippen LogP contribution < -0.4 is 0 Å². The molecule has 0 spiro atoms. The summed E-state index contributed by atoms with van der Waals surface area (Å²) >= 11 is 0. The van der Waals surface area contributed by atoms with Gasteiger partial charge < -0.3 is 23.4 Å². The minimum absolute atomic E-state index is 0.190. The summed E-state index contributed by atoms with van der Waals surface area (Å²) in [6.45, 7) is 28.9. The Labute approximate surface area is 225 Å². The highest BCUT2D eigenvalue weighted by Gasteiger charge is 2.50. The average Bonchev–Trinajstić information content (AvgIpc) is 2.79. The van der Waals surface area contributed by atoms with Crippen molar-refractivity contribution in [3.05, 3.63) is 12.2 Å². The van der Waals surface area contributed by atoms with Crippen molar-refractivity contribution in [3.63, 3.8) is 0 Å². The summed E-state index contributed by atoms with van der Waals surface area (Å²) in [5.74, 6) is -0.500. The zero-order valence-electron chi connectivity index (χ0n) is 25.4. The molecule has 0 amide bonds. The number of ether oxygens (including phenoxy) is 2. The predicted octanol–water partition coefficient (Wildman–Crippen LogP) is 6.85. The SMILES string of the molecule is C=C(C)C(=O)OC(CO)COCCC[Si](C)(C)C(CC)O[Si](C)(C)C(C)(CC)O[Si](C)(C)CCCC. The molecule has 214 valence electrons. The molecule has 0 saturated heterocycles. The lowest BCUT2D eigenvalue weighted by Gasteiger charge is -2.49. The van der Waals surface area contributed by atoms with Crippen LogP contribution in [0.3, 0.4) is 0 Å². The van der Waals surface area contributed by atoms with Gasteiger partial charge in [-0.3, -0.25) is 0 Å². The summed E-state index contributed by atoms with van der Waals surface area (Å²) in [6, 6.07) is 2.29. The summed E-state index contributed by atoms with van der Waals surface area (Å²) in [7, 11) is -5.63. The fourth-order valence-electron chi connectivity index (χ4n) is 4.54. The van der Waals surface area contributed by atoms with E-state index >= 15 is 0 Å². The van der Waals surface area contributed by atoms with Gasteiger partial charge in [-0.25, -0.2) is 4.79 Å². The van der Waals surface area contributed by atoms with Crippen molar-refractivity contribution < 1.29 is 28.2 Å². The Balaban J connectivity index is 5.05. The van der Waals surface area contributed by atoms with Gasteiger partial charge in [0.15, 0.2) is 8.32 Å². The molecule has 0 bridgehead atoms. The average molecular weight is 563 g/mol. The van der Waals surface area contributed by atoms with Crippen LogP contribution >= 0.6 is 0 Å². The van der Waals surface area contributed by atoms with Crippen molar-refractivity contribution in [2.45, 2.75) is 135 Å². The smallest absolute Gasteiger partial charge is 0.333 e. The van der Waals surface area contributed by atoms with E-state index in [1.54, 1.807) is 6.92 Å². The monoisotopic (exact) mass is 562 g/mol. The number of aliphatic hydroxyl groups is 1. The fourth-order valence-corrected chi connectivity index (χ4v) is 15.6. The molecule has 0 aromatic heterocycles. The summed E-state index contributed by atoms with van der Waals surface area (Å²) in [5, 5.41) is 9.26. The number of unbranched alkanes of at least 4 members (excludes halogenated alkanes) is 1. The molecule has 0 saturated carbocycles. The number of rotatable bonds is 20. The maximum atomic E-state index is 11.7. The molecule has 36 heavy (non-hydrogen) atoms. The van der Waals surface area contributed by atoms with Crippen molar-refractivity contribution in [2.24, 2.45) is 0 Å². The molecular weight excluding hydrogens is 505 g/mol. The van der Waals surface area contributed by atoms with Crippen LogP contribution in [0.5, 0.6) is 0 Å². The number of hydrogen-bond donors (Lipinski definition) is 1. The number of carbonyl (C=O) groups excluding carboxylic acids is 1. The van der Waals surface area contributed by atoms with Gasteiger partial charge in [-0.2, -0.15) is 0 Å². The van der Waals surface area contributed by atoms with Crippen LogP contribution in [-0.2, 0) is 23.1 Å². The zero-order chi connectivity index (χ0) is 28.2.